The largest absolute Gasteiger partial charge is 0.591 e. The Labute approximate surface area is 98.1 Å². The van der Waals surface area contributed by atoms with Crippen molar-refractivity contribution in [2.45, 2.75) is 19.8 Å². The number of nitriles is 1. The van der Waals surface area contributed by atoms with Crippen molar-refractivity contribution in [1.29, 1.82) is 5.26 Å². The van der Waals surface area contributed by atoms with Crippen molar-refractivity contribution in [2.75, 3.05) is 5.75 Å². The fourth-order valence-electron chi connectivity index (χ4n) is 1.89. The molecule has 3 nitrogen and oxygen atoms in total. The summed E-state index contributed by atoms with van der Waals surface area (Å²) in [5.74, 6) is 0.538. The molecule has 0 heterocycles. The van der Waals surface area contributed by atoms with Crippen molar-refractivity contribution >= 4 is 17.1 Å². The first-order chi connectivity index (χ1) is 7.76. The maximum Gasteiger partial charge on any atom is 0.130 e. The van der Waals surface area contributed by atoms with Gasteiger partial charge in [0.05, 0.1) is 28.7 Å². The highest BCUT2D eigenvalue weighted by molar-refractivity contribution is 7.90. The van der Waals surface area contributed by atoms with Crippen molar-refractivity contribution in [1.82, 2.24) is 0 Å². The fourth-order valence-corrected chi connectivity index (χ4v) is 2.46. The van der Waals surface area contributed by atoms with Crippen LogP contribution in [0, 0.1) is 11.3 Å². The van der Waals surface area contributed by atoms with Crippen LogP contribution < -0.4 is 0 Å². The molecule has 0 bridgehead atoms. The Bertz CT molecular complexity index is 476. The van der Waals surface area contributed by atoms with E-state index < -0.39 is 11.4 Å². The molecule has 0 unspecified atom stereocenters. The number of benzene rings is 1. The summed E-state index contributed by atoms with van der Waals surface area (Å²) in [5, 5.41) is 8.97. The van der Waals surface area contributed by atoms with Gasteiger partial charge in [0, 0.05) is 5.56 Å². The third-order valence-electron chi connectivity index (χ3n) is 2.68. The van der Waals surface area contributed by atoms with Gasteiger partial charge in [-0.1, -0.05) is 16.5 Å². The molecule has 1 aromatic rings. The van der Waals surface area contributed by atoms with Crippen LogP contribution in [0.1, 0.15) is 30.0 Å². The lowest BCUT2D eigenvalue weighted by molar-refractivity contribution is 0.598. The maximum atomic E-state index is 11.4. The Hall–Kier alpha value is -1.31. The van der Waals surface area contributed by atoms with Crippen LogP contribution >= 0.6 is 0 Å². The highest BCUT2D eigenvalue weighted by atomic mass is 32.2. The van der Waals surface area contributed by atoms with E-state index in [1.165, 1.54) is 0 Å². The number of fused-ring (bicyclic) bond motifs is 1. The topological polar surface area (TPSA) is 59.2 Å². The summed E-state index contributed by atoms with van der Waals surface area (Å²) < 4.78 is 15.6. The molecule has 4 heteroatoms. The summed E-state index contributed by atoms with van der Waals surface area (Å²) in [4.78, 5) is 0. The van der Waals surface area contributed by atoms with Crippen LogP contribution in [0.15, 0.2) is 22.6 Å². The minimum atomic E-state index is -1.13. The Kier molecular flexibility index (Phi) is 3.28. The van der Waals surface area contributed by atoms with Gasteiger partial charge in [-0.25, -0.2) is 0 Å². The van der Waals surface area contributed by atoms with E-state index in [0.717, 1.165) is 29.7 Å². The Morgan fingerprint density at radius 3 is 3.00 bits per heavy atom. The van der Waals surface area contributed by atoms with Crippen molar-refractivity contribution < 1.29 is 4.55 Å². The molecule has 0 aromatic heterocycles. The number of rotatable bonds is 2. The number of nitrogens with zero attached hydrogens (tertiary/aromatic N) is 2. The normalized spacial score (nSPS) is 18.2. The third-order valence-corrected chi connectivity index (χ3v) is 3.60. The van der Waals surface area contributed by atoms with Gasteiger partial charge in [0.1, 0.15) is 5.75 Å². The van der Waals surface area contributed by atoms with Crippen molar-refractivity contribution in [3.8, 4) is 6.07 Å². The average molecular weight is 232 g/mol. The molecule has 0 saturated carbocycles. The van der Waals surface area contributed by atoms with Crippen LogP contribution in [0.3, 0.4) is 0 Å². The maximum absolute atomic E-state index is 11.4. The zero-order valence-electron chi connectivity index (χ0n) is 9.06. The van der Waals surface area contributed by atoms with Gasteiger partial charge in [0.2, 0.25) is 0 Å². The van der Waals surface area contributed by atoms with Crippen molar-refractivity contribution in [3.05, 3.63) is 34.9 Å². The van der Waals surface area contributed by atoms with E-state index in [4.69, 9.17) is 5.26 Å². The second kappa shape index (κ2) is 4.69. The van der Waals surface area contributed by atoms with Gasteiger partial charge in [-0.2, -0.15) is 5.26 Å². The Morgan fingerprint density at radius 1 is 1.50 bits per heavy atom. The second-order valence-electron chi connectivity index (χ2n) is 3.59. The molecule has 0 saturated heterocycles. The number of hydrogen-bond acceptors (Lipinski definition) is 3. The predicted molar refractivity (Wildman–Crippen MR) is 64.7 cm³/mol. The van der Waals surface area contributed by atoms with Gasteiger partial charge in [-0.3, -0.25) is 0 Å². The standard InChI is InChI=1S/C12H12N2OS/c1-2-16(15)14-12-7-6-10-9(8-13)4-3-5-11(10)12/h3-5H,2,6-7H2,1H3/b14-12-/t16-/m0/s1. The van der Waals surface area contributed by atoms with Crippen LogP contribution in [0.4, 0.5) is 0 Å². The molecule has 1 aliphatic rings. The molecule has 16 heavy (non-hydrogen) atoms. The van der Waals surface area contributed by atoms with Crippen LogP contribution in [0.25, 0.3) is 0 Å². The van der Waals surface area contributed by atoms with E-state index in [-0.39, 0.29) is 0 Å². The van der Waals surface area contributed by atoms with Gasteiger partial charge >= 0.3 is 0 Å². The first-order valence-corrected chi connectivity index (χ1v) is 6.52. The zero-order valence-corrected chi connectivity index (χ0v) is 9.88. The van der Waals surface area contributed by atoms with E-state index in [0.29, 0.717) is 11.3 Å². The Balaban J connectivity index is 2.42. The van der Waals surface area contributed by atoms with E-state index in [1.54, 1.807) is 0 Å². The van der Waals surface area contributed by atoms with Crippen LogP contribution in [0.2, 0.25) is 0 Å². The van der Waals surface area contributed by atoms with Gasteiger partial charge in [-0.05, 0) is 31.4 Å². The molecule has 82 valence electrons. The molecule has 0 amide bonds. The van der Waals surface area contributed by atoms with E-state index >= 15 is 0 Å². The summed E-state index contributed by atoms with van der Waals surface area (Å²) in [6.07, 6.45) is 1.62. The summed E-state index contributed by atoms with van der Waals surface area (Å²) >= 11 is -1.13. The van der Waals surface area contributed by atoms with E-state index in [1.807, 2.05) is 25.1 Å². The molecule has 1 atom stereocenters. The minimum absolute atomic E-state index is 0.538. The lowest BCUT2D eigenvalue weighted by Crippen LogP contribution is -2.04. The molecule has 0 N–H and O–H groups in total. The van der Waals surface area contributed by atoms with Gasteiger partial charge in [0.25, 0.3) is 0 Å². The number of hydrogen-bond donors (Lipinski definition) is 0. The van der Waals surface area contributed by atoms with Gasteiger partial charge < -0.3 is 4.55 Å². The van der Waals surface area contributed by atoms with E-state index in [9.17, 15) is 4.55 Å². The lowest BCUT2D eigenvalue weighted by Gasteiger charge is -2.03. The zero-order chi connectivity index (χ0) is 11.5. The summed E-state index contributed by atoms with van der Waals surface area (Å²) in [7, 11) is 0. The SMILES string of the molecule is CC[S@+]([O-])/N=C1/CCc2c(C#N)cccc21. The molecule has 0 fully saturated rings. The smallest absolute Gasteiger partial charge is 0.130 e. The molecule has 1 aliphatic carbocycles. The highest BCUT2D eigenvalue weighted by Gasteiger charge is 2.22. The van der Waals surface area contributed by atoms with Gasteiger partial charge in [0.15, 0.2) is 0 Å². The lowest BCUT2D eigenvalue weighted by atomic mass is 10.0. The van der Waals surface area contributed by atoms with Crippen molar-refractivity contribution in [2.24, 2.45) is 4.40 Å². The minimum Gasteiger partial charge on any atom is -0.591 e. The van der Waals surface area contributed by atoms with Gasteiger partial charge in [-0.15, -0.1) is 0 Å². The molecular formula is C12H12N2OS. The average Bonchev–Trinajstić information content (AvgIpc) is 2.72. The van der Waals surface area contributed by atoms with E-state index in [2.05, 4.69) is 10.5 Å². The molecule has 0 radical (unpaired) electrons. The molecular weight excluding hydrogens is 220 g/mol. The fraction of sp³-hybridized carbons (Fsp3) is 0.333. The summed E-state index contributed by atoms with van der Waals surface area (Å²) in [5.41, 5.74) is 3.65. The molecule has 0 aliphatic heterocycles. The predicted octanol–water partition coefficient (Wildman–Crippen LogP) is 1.98. The van der Waals surface area contributed by atoms with Crippen LogP contribution in [-0.4, -0.2) is 16.0 Å². The third kappa shape index (κ3) is 1.97. The van der Waals surface area contributed by atoms with Crippen LogP contribution in [-0.2, 0) is 17.8 Å². The second-order valence-corrected chi connectivity index (χ2v) is 4.99. The monoisotopic (exact) mass is 232 g/mol. The van der Waals surface area contributed by atoms with Crippen LogP contribution in [0.5, 0.6) is 0 Å². The Morgan fingerprint density at radius 2 is 2.31 bits per heavy atom. The highest BCUT2D eigenvalue weighted by Crippen LogP contribution is 2.26. The summed E-state index contributed by atoms with van der Waals surface area (Å²) in [6.45, 7) is 1.85. The summed E-state index contributed by atoms with van der Waals surface area (Å²) in [6, 6.07) is 7.81. The first-order valence-electron chi connectivity index (χ1n) is 5.24. The molecule has 1 aromatic carbocycles. The van der Waals surface area contributed by atoms with Crippen molar-refractivity contribution in [3.63, 3.8) is 0 Å². The molecule has 0 spiro atoms. The molecule has 2 rings (SSSR count). The first kappa shape index (κ1) is 11.2. The quantitative estimate of drug-likeness (QED) is 0.732.